The number of carbonyl (C=O) groups is 1. The number of anilines is 1. The van der Waals surface area contributed by atoms with Gasteiger partial charge in [-0.1, -0.05) is 6.07 Å². The van der Waals surface area contributed by atoms with Crippen molar-refractivity contribution in [2.45, 2.75) is 6.92 Å². The number of hydrogen-bond acceptors (Lipinski definition) is 6. The number of hydrogen-bond donors (Lipinski definition) is 0. The lowest BCUT2D eigenvalue weighted by Crippen LogP contribution is -2.21. The molecular weight excluding hydrogens is 405 g/mol. The molecule has 0 saturated carbocycles. The van der Waals surface area contributed by atoms with Gasteiger partial charge in [0.05, 0.1) is 31.2 Å². The van der Waals surface area contributed by atoms with Gasteiger partial charge in [-0.25, -0.2) is 9.37 Å². The summed E-state index contributed by atoms with van der Waals surface area (Å²) in [4.78, 5) is 17.5. The first-order chi connectivity index (χ1) is 14.5. The van der Waals surface area contributed by atoms with Crippen LogP contribution >= 0.6 is 11.3 Å². The predicted octanol–water partition coefficient (Wildman–Crippen LogP) is 4.77. The molecule has 0 saturated heterocycles. The Morgan fingerprint density at radius 3 is 2.50 bits per heavy atom. The molecule has 8 heteroatoms. The molecule has 152 valence electrons. The Labute approximate surface area is 176 Å². The van der Waals surface area contributed by atoms with Crippen LogP contribution in [0.25, 0.3) is 17.3 Å². The van der Waals surface area contributed by atoms with E-state index in [1.54, 1.807) is 51.5 Å². The van der Waals surface area contributed by atoms with Gasteiger partial charge in [0.15, 0.2) is 11.5 Å². The normalized spacial score (nSPS) is 14.9. The topological polar surface area (TPSA) is 64.0 Å². The van der Waals surface area contributed by atoms with Crippen LogP contribution in [0.5, 0.6) is 11.5 Å². The summed E-state index contributed by atoms with van der Waals surface area (Å²) < 4.78 is 23.7. The van der Waals surface area contributed by atoms with Crippen molar-refractivity contribution in [3.8, 4) is 22.8 Å². The molecule has 0 bridgehead atoms. The van der Waals surface area contributed by atoms with Crippen molar-refractivity contribution in [3.63, 3.8) is 0 Å². The maximum atomic E-state index is 13.2. The summed E-state index contributed by atoms with van der Waals surface area (Å²) in [7, 11) is 3.13. The summed E-state index contributed by atoms with van der Waals surface area (Å²) in [5.41, 5.74) is 3.29. The third kappa shape index (κ3) is 3.69. The van der Waals surface area contributed by atoms with Crippen molar-refractivity contribution in [3.05, 3.63) is 64.8 Å². The van der Waals surface area contributed by atoms with Gasteiger partial charge in [0.25, 0.3) is 5.91 Å². The molecule has 1 aromatic heterocycles. The number of aromatic nitrogens is 1. The van der Waals surface area contributed by atoms with Gasteiger partial charge in [0, 0.05) is 10.9 Å². The number of amides is 1. The SMILES string of the molecule is COc1ccc(C=C2C(=O)N(c3nc(-c4ccc(F)cc4)cs3)N=C2C)cc1OC. The van der Waals surface area contributed by atoms with E-state index in [-0.39, 0.29) is 11.7 Å². The molecular formula is C22H18FN3O3S. The molecule has 0 unspecified atom stereocenters. The number of carbonyl (C=O) groups excluding carboxylic acids is 1. The first kappa shape index (κ1) is 19.8. The van der Waals surface area contributed by atoms with Gasteiger partial charge in [-0.2, -0.15) is 10.1 Å². The Bertz CT molecular complexity index is 1170. The largest absolute Gasteiger partial charge is 0.493 e. The fraction of sp³-hybridized carbons (Fsp3) is 0.136. The molecule has 6 nitrogen and oxygen atoms in total. The molecule has 0 spiro atoms. The van der Waals surface area contributed by atoms with Gasteiger partial charge in [0.2, 0.25) is 5.13 Å². The number of methoxy groups -OCH3 is 2. The summed E-state index contributed by atoms with van der Waals surface area (Å²) in [5, 5.41) is 7.94. The molecule has 4 rings (SSSR count). The zero-order valence-electron chi connectivity index (χ0n) is 16.5. The maximum Gasteiger partial charge on any atom is 0.282 e. The van der Waals surface area contributed by atoms with Crippen LogP contribution in [0.3, 0.4) is 0 Å². The summed E-state index contributed by atoms with van der Waals surface area (Å²) >= 11 is 1.30. The average molecular weight is 423 g/mol. The monoisotopic (exact) mass is 423 g/mol. The van der Waals surface area contributed by atoms with Crippen LogP contribution in [0.1, 0.15) is 12.5 Å². The highest BCUT2D eigenvalue weighted by Gasteiger charge is 2.30. The number of rotatable bonds is 5. The van der Waals surface area contributed by atoms with Gasteiger partial charge in [-0.3, -0.25) is 4.79 Å². The smallest absolute Gasteiger partial charge is 0.282 e. The van der Waals surface area contributed by atoms with Gasteiger partial charge in [-0.15, -0.1) is 11.3 Å². The third-order valence-corrected chi connectivity index (χ3v) is 5.41. The van der Waals surface area contributed by atoms with Crippen molar-refractivity contribution >= 4 is 34.2 Å². The second-order valence-electron chi connectivity index (χ2n) is 6.50. The minimum Gasteiger partial charge on any atom is -0.493 e. The van der Waals surface area contributed by atoms with Crippen LogP contribution in [-0.2, 0) is 4.79 Å². The van der Waals surface area contributed by atoms with E-state index in [1.165, 1.54) is 28.5 Å². The average Bonchev–Trinajstić information content (AvgIpc) is 3.34. The van der Waals surface area contributed by atoms with Crippen LogP contribution in [0.15, 0.2) is 58.5 Å². The highest BCUT2D eigenvalue weighted by Crippen LogP contribution is 2.33. The van der Waals surface area contributed by atoms with E-state index in [2.05, 4.69) is 10.1 Å². The van der Waals surface area contributed by atoms with Crippen LogP contribution in [-0.4, -0.2) is 30.8 Å². The van der Waals surface area contributed by atoms with Gasteiger partial charge < -0.3 is 9.47 Å². The molecule has 0 N–H and O–H groups in total. The van der Waals surface area contributed by atoms with E-state index in [1.807, 2.05) is 11.4 Å². The van der Waals surface area contributed by atoms with Crippen molar-refractivity contribution in [1.29, 1.82) is 0 Å². The van der Waals surface area contributed by atoms with Crippen molar-refractivity contribution in [1.82, 2.24) is 4.98 Å². The number of hydrazone groups is 1. The van der Waals surface area contributed by atoms with Crippen LogP contribution in [0, 0.1) is 5.82 Å². The Balaban J connectivity index is 1.61. The number of nitrogens with zero attached hydrogens (tertiary/aromatic N) is 3. The fourth-order valence-corrected chi connectivity index (χ4v) is 3.82. The Morgan fingerprint density at radius 2 is 1.80 bits per heavy atom. The number of halogens is 1. The van der Waals surface area contributed by atoms with Crippen LogP contribution < -0.4 is 14.5 Å². The van der Waals surface area contributed by atoms with E-state index in [0.29, 0.717) is 33.6 Å². The zero-order chi connectivity index (χ0) is 21.3. The minimum atomic E-state index is -0.311. The molecule has 1 aliphatic rings. The molecule has 0 fully saturated rings. The summed E-state index contributed by atoms with van der Waals surface area (Å²) in [6.07, 6.45) is 1.76. The minimum absolute atomic E-state index is 0.262. The first-order valence-corrected chi connectivity index (χ1v) is 9.93. The molecule has 30 heavy (non-hydrogen) atoms. The number of thiazole rings is 1. The summed E-state index contributed by atoms with van der Waals surface area (Å²) in [6.45, 7) is 1.78. The molecule has 0 aliphatic carbocycles. The molecule has 2 aromatic carbocycles. The Hall–Kier alpha value is -3.52. The molecule has 0 atom stereocenters. The van der Waals surface area contributed by atoms with Crippen molar-refractivity contribution < 1.29 is 18.7 Å². The molecule has 1 aliphatic heterocycles. The molecule has 1 amide bonds. The predicted molar refractivity (Wildman–Crippen MR) is 116 cm³/mol. The second-order valence-corrected chi connectivity index (χ2v) is 7.33. The van der Waals surface area contributed by atoms with Crippen molar-refractivity contribution in [2.75, 3.05) is 19.2 Å². The van der Waals surface area contributed by atoms with Gasteiger partial charge in [-0.05, 0) is 55.0 Å². The van der Waals surface area contributed by atoms with E-state index < -0.39 is 0 Å². The number of benzene rings is 2. The zero-order valence-corrected chi connectivity index (χ0v) is 17.4. The highest BCUT2D eigenvalue weighted by atomic mass is 32.1. The third-order valence-electron chi connectivity index (χ3n) is 4.59. The Morgan fingerprint density at radius 1 is 1.07 bits per heavy atom. The lowest BCUT2D eigenvalue weighted by atomic mass is 10.1. The van der Waals surface area contributed by atoms with E-state index in [9.17, 15) is 9.18 Å². The molecule has 2 heterocycles. The maximum absolute atomic E-state index is 13.2. The second kappa shape index (κ2) is 8.08. The van der Waals surface area contributed by atoms with Crippen LogP contribution in [0.2, 0.25) is 0 Å². The lowest BCUT2D eigenvalue weighted by Gasteiger charge is -2.09. The lowest BCUT2D eigenvalue weighted by molar-refractivity contribution is -0.114. The number of ether oxygens (including phenoxy) is 2. The van der Waals surface area contributed by atoms with E-state index >= 15 is 0 Å². The highest BCUT2D eigenvalue weighted by molar-refractivity contribution is 7.14. The molecule has 3 aromatic rings. The Kier molecular flexibility index (Phi) is 5.33. The molecule has 0 radical (unpaired) electrons. The van der Waals surface area contributed by atoms with E-state index in [0.717, 1.165) is 11.1 Å². The summed E-state index contributed by atoms with van der Waals surface area (Å²) in [5.74, 6) is 0.615. The summed E-state index contributed by atoms with van der Waals surface area (Å²) in [6, 6.07) is 11.5. The van der Waals surface area contributed by atoms with Crippen LogP contribution in [0.4, 0.5) is 9.52 Å². The quantitative estimate of drug-likeness (QED) is 0.555. The fourth-order valence-electron chi connectivity index (χ4n) is 3.04. The standard InChI is InChI=1S/C22H18FN3O3S/c1-13-17(10-14-4-9-19(28-2)20(11-14)29-3)21(27)26(25-13)22-24-18(12-30-22)15-5-7-16(23)8-6-15/h4-12H,1-3H3. The van der Waals surface area contributed by atoms with E-state index in [4.69, 9.17) is 9.47 Å². The van der Waals surface area contributed by atoms with Gasteiger partial charge >= 0.3 is 0 Å². The van der Waals surface area contributed by atoms with Gasteiger partial charge in [0.1, 0.15) is 5.82 Å². The first-order valence-electron chi connectivity index (χ1n) is 9.05. The van der Waals surface area contributed by atoms with Crippen molar-refractivity contribution in [2.24, 2.45) is 5.10 Å².